The third-order valence-electron chi connectivity index (χ3n) is 6.17. The van der Waals surface area contributed by atoms with Crippen LogP contribution in [-0.2, 0) is 21.8 Å². The standard InChI is InChI=1S/C26H39F2N3O3/c1-6-24(17-20(2)33-34-28)31(4)15-8-7-14-29-25(18-27)26(32-5)22-11-9-21(10-12-22)23-13-16-30(3)19-23/h7,9-14,16,19-20,24-26,29H,6,8,15,17-18H2,1-5H3/b14-7+. The molecule has 1 aromatic heterocycles. The average molecular weight is 480 g/mol. The van der Waals surface area contributed by atoms with E-state index in [4.69, 9.17) is 4.74 Å². The SMILES string of the molecule is CCC(CC(C)OOF)N(C)CC/C=C/NC(CF)C(OC)c1ccc(-c2ccn(C)c2)cc1. The molecule has 0 radical (unpaired) electrons. The highest BCUT2D eigenvalue weighted by Gasteiger charge is 2.22. The van der Waals surface area contributed by atoms with Crippen molar-refractivity contribution in [2.24, 2.45) is 7.05 Å². The number of alkyl halides is 1. The van der Waals surface area contributed by atoms with Crippen LogP contribution in [0.25, 0.3) is 11.1 Å². The van der Waals surface area contributed by atoms with Gasteiger partial charge in [0.05, 0.1) is 12.1 Å². The van der Waals surface area contributed by atoms with Gasteiger partial charge >= 0.3 is 0 Å². The smallest absolute Gasteiger partial charge is 0.112 e. The van der Waals surface area contributed by atoms with Gasteiger partial charge in [-0.25, -0.2) is 4.39 Å². The Morgan fingerprint density at radius 3 is 2.47 bits per heavy atom. The second-order valence-corrected chi connectivity index (χ2v) is 8.71. The van der Waals surface area contributed by atoms with Gasteiger partial charge in [0.15, 0.2) is 0 Å². The van der Waals surface area contributed by atoms with Crippen LogP contribution in [0.2, 0.25) is 0 Å². The van der Waals surface area contributed by atoms with E-state index >= 15 is 0 Å². The summed E-state index contributed by atoms with van der Waals surface area (Å²) in [5.41, 5.74) is 3.17. The quantitative estimate of drug-likeness (QED) is 0.253. The molecule has 2 rings (SSSR count). The molecule has 0 saturated carbocycles. The van der Waals surface area contributed by atoms with Gasteiger partial charge in [-0.15, -0.1) is 0 Å². The van der Waals surface area contributed by atoms with Crippen molar-refractivity contribution in [2.45, 2.75) is 57.4 Å². The van der Waals surface area contributed by atoms with Crippen molar-refractivity contribution in [2.75, 3.05) is 27.4 Å². The average Bonchev–Trinajstić information content (AvgIpc) is 3.28. The molecule has 0 aliphatic rings. The number of aromatic nitrogens is 1. The van der Waals surface area contributed by atoms with Crippen LogP contribution < -0.4 is 5.32 Å². The second-order valence-electron chi connectivity index (χ2n) is 8.71. The van der Waals surface area contributed by atoms with E-state index in [9.17, 15) is 8.92 Å². The minimum Gasteiger partial charge on any atom is -0.383 e. The molecule has 0 fully saturated rings. The number of aryl methyl sites for hydroxylation is 1. The predicted octanol–water partition coefficient (Wildman–Crippen LogP) is 5.53. The van der Waals surface area contributed by atoms with Crippen LogP contribution in [0, 0.1) is 0 Å². The van der Waals surface area contributed by atoms with Crippen molar-refractivity contribution in [1.29, 1.82) is 0 Å². The molecule has 4 unspecified atom stereocenters. The molecule has 4 atom stereocenters. The normalized spacial score (nSPS) is 15.5. The van der Waals surface area contributed by atoms with Crippen molar-refractivity contribution in [1.82, 2.24) is 14.8 Å². The Morgan fingerprint density at radius 2 is 1.91 bits per heavy atom. The van der Waals surface area contributed by atoms with Gasteiger partial charge in [0.2, 0.25) is 0 Å². The molecule has 6 nitrogen and oxygen atoms in total. The number of halogens is 2. The zero-order valence-corrected chi connectivity index (χ0v) is 20.9. The van der Waals surface area contributed by atoms with Gasteiger partial charge in [0, 0.05) is 39.1 Å². The van der Waals surface area contributed by atoms with E-state index in [1.807, 2.05) is 55.2 Å². The zero-order chi connectivity index (χ0) is 24.9. The summed E-state index contributed by atoms with van der Waals surface area (Å²) in [6.07, 6.45) is 9.49. The number of hydrogen-bond acceptors (Lipinski definition) is 5. The van der Waals surface area contributed by atoms with Gasteiger partial charge in [-0.1, -0.05) is 37.3 Å². The van der Waals surface area contributed by atoms with E-state index in [1.165, 1.54) is 0 Å². The van der Waals surface area contributed by atoms with E-state index in [0.717, 1.165) is 36.1 Å². The minimum absolute atomic E-state index is 0.252. The lowest BCUT2D eigenvalue weighted by molar-refractivity contribution is -0.447. The lowest BCUT2D eigenvalue weighted by Crippen LogP contribution is -2.35. The maximum absolute atomic E-state index is 13.9. The summed E-state index contributed by atoms with van der Waals surface area (Å²) in [4.78, 5) is 6.75. The molecule has 0 aliphatic carbocycles. The van der Waals surface area contributed by atoms with E-state index < -0.39 is 18.8 Å². The van der Waals surface area contributed by atoms with Crippen molar-refractivity contribution in [3.63, 3.8) is 0 Å². The maximum atomic E-state index is 13.9. The van der Waals surface area contributed by atoms with Crippen LogP contribution >= 0.6 is 0 Å². The first kappa shape index (κ1) is 28.0. The number of methoxy groups -OCH3 is 1. The fraction of sp³-hybridized carbons (Fsp3) is 0.538. The lowest BCUT2D eigenvalue weighted by Gasteiger charge is -2.28. The molecule has 1 heterocycles. The van der Waals surface area contributed by atoms with E-state index in [-0.39, 0.29) is 12.1 Å². The summed E-state index contributed by atoms with van der Waals surface area (Å²) in [7, 11) is 5.62. The molecule has 0 spiro atoms. The highest BCUT2D eigenvalue weighted by molar-refractivity contribution is 5.63. The molecule has 0 saturated heterocycles. The molecule has 0 amide bonds. The number of ether oxygens (including phenoxy) is 1. The predicted molar refractivity (Wildman–Crippen MR) is 131 cm³/mol. The number of nitrogens with zero attached hydrogens (tertiary/aromatic N) is 2. The van der Waals surface area contributed by atoms with Gasteiger partial charge in [-0.05, 0) is 71.8 Å². The first-order valence-electron chi connectivity index (χ1n) is 11.8. The van der Waals surface area contributed by atoms with Gasteiger partial charge in [0.1, 0.15) is 12.8 Å². The summed E-state index contributed by atoms with van der Waals surface area (Å²) in [6.45, 7) is 4.12. The van der Waals surface area contributed by atoms with Crippen LogP contribution in [0.5, 0.6) is 0 Å². The van der Waals surface area contributed by atoms with Crippen LogP contribution in [0.1, 0.15) is 44.8 Å². The van der Waals surface area contributed by atoms with Crippen LogP contribution in [0.3, 0.4) is 0 Å². The van der Waals surface area contributed by atoms with Crippen LogP contribution in [0.15, 0.2) is 55.0 Å². The van der Waals surface area contributed by atoms with Crippen molar-refractivity contribution < 1.29 is 23.6 Å². The summed E-state index contributed by atoms with van der Waals surface area (Å²) < 4.78 is 33.4. The monoisotopic (exact) mass is 479 g/mol. The molecule has 2 aromatic rings. The van der Waals surface area contributed by atoms with Gasteiger partial charge in [-0.2, -0.15) is 4.89 Å². The highest BCUT2D eigenvalue weighted by atomic mass is 19.3. The molecule has 34 heavy (non-hydrogen) atoms. The Kier molecular flexibility index (Phi) is 12.2. The second kappa shape index (κ2) is 14.9. The summed E-state index contributed by atoms with van der Waals surface area (Å²) >= 11 is 0. The summed E-state index contributed by atoms with van der Waals surface area (Å²) in [6, 6.07) is 9.87. The molecule has 190 valence electrons. The van der Waals surface area contributed by atoms with Crippen molar-refractivity contribution >= 4 is 0 Å². The fourth-order valence-electron chi connectivity index (χ4n) is 4.16. The zero-order valence-electron chi connectivity index (χ0n) is 20.9. The maximum Gasteiger partial charge on any atom is 0.112 e. The topological polar surface area (TPSA) is 47.9 Å². The number of benzene rings is 1. The summed E-state index contributed by atoms with van der Waals surface area (Å²) in [5, 5.41) is 6.44. The Hall–Kier alpha value is -2.26. The first-order chi connectivity index (χ1) is 16.4. The van der Waals surface area contributed by atoms with E-state index in [1.54, 1.807) is 20.2 Å². The molecule has 1 N–H and O–H groups in total. The molecule has 0 bridgehead atoms. The van der Waals surface area contributed by atoms with Crippen LogP contribution in [-0.4, -0.2) is 55.0 Å². The van der Waals surface area contributed by atoms with Gasteiger partial charge < -0.3 is 19.5 Å². The van der Waals surface area contributed by atoms with Crippen LogP contribution in [0.4, 0.5) is 8.92 Å². The van der Waals surface area contributed by atoms with Crippen molar-refractivity contribution in [3.8, 4) is 11.1 Å². The van der Waals surface area contributed by atoms with E-state index in [0.29, 0.717) is 6.42 Å². The third-order valence-corrected chi connectivity index (χ3v) is 6.17. The molecular formula is C26H39F2N3O3. The number of rotatable bonds is 16. The van der Waals surface area contributed by atoms with Crippen molar-refractivity contribution in [3.05, 3.63) is 60.6 Å². The fourth-order valence-corrected chi connectivity index (χ4v) is 4.16. The molecule has 8 heteroatoms. The Labute approximate surface area is 202 Å². The number of nitrogens with one attached hydrogen (secondary N) is 1. The molecular weight excluding hydrogens is 440 g/mol. The number of hydrogen-bond donors (Lipinski definition) is 1. The van der Waals surface area contributed by atoms with E-state index in [2.05, 4.69) is 39.4 Å². The summed E-state index contributed by atoms with van der Waals surface area (Å²) in [5.74, 6) is 0. The van der Waals surface area contributed by atoms with Gasteiger partial charge in [0.25, 0.3) is 0 Å². The first-order valence-corrected chi connectivity index (χ1v) is 11.8. The lowest BCUT2D eigenvalue weighted by atomic mass is 9.99. The third kappa shape index (κ3) is 8.51. The largest absolute Gasteiger partial charge is 0.383 e. The minimum atomic E-state index is -0.560. The molecule has 0 aliphatic heterocycles. The Balaban J connectivity index is 1.88. The van der Waals surface area contributed by atoms with Gasteiger partial charge in [-0.3, -0.25) is 0 Å². The Bertz CT molecular complexity index is 844. The highest BCUT2D eigenvalue weighted by Crippen LogP contribution is 2.26. The molecule has 1 aromatic carbocycles. The Morgan fingerprint density at radius 1 is 1.18 bits per heavy atom.